The molecule has 0 aliphatic carbocycles. The summed E-state index contributed by atoms with van der Waals surface area (Å²) in [6.07, 6.45) is 19.4. The molecule has 0 aromatic carbocycles. The molecule has 0 spiro atoms. The molecule has 0 heterocycles. The Balaban J connectivity index is 3.24. The maximum atomic E-state index is 10.4. The van der Waals surface area contributed by atoms with E-state index in [0.717, 1.165) is 25.7 Å². The second kappa shape index (κ2) is 20.6. The normalized spacial score (nSPS) is 9.80. The third kappa shape index (κ3) is 22.6. The SMILES string of the molecule is CCCCCCCCC#CC#CCCCCCCCCCCC(=O)O. The molecule has 1 N–H and O–H groups in total. The molecular formula is C23H38O2. The lowest BCUT2D eigenvalue weighted by Crippen LogP contribution is -1.93. The Morgan fingerprint density at radius 3 is 1.48 bits per heavy atom. The van der Waals surface area contributed by atoms with Crippen molar-refractivity contribution < 1.29 is 9.90 Å². The molecule has 0 bridgehead atoms. The van der Waals surface area contributed by atoms with Gasteiger partial charge in [-0.3, -0.25) is 4.79 Å². The van der Waals surface area contributed by atoms with Crippen molar-refractivity contribution in [1.82, 2.24) is 0 Å². The van der Waals surface area contributed by atoms with Gasteiger partial charge in [0.05, 0.1) is 0 Å². The molecule has 142 valence electrons. The molecule has 0 aromatic heterocycles. The van der Waals surface area contributed by atoms with Gasteiger partial charge in [-0.2, -0.15) is 0 Å². The molecule has 0 fully saturated rings. The standard InChI is InChI=1S/C23H38O2/c1-2-3-4-5-6-7-8-9-10-11-12-13-14-15-16-17-18-19-20-21-22-23(24)25/h2-8,13-22H2,1H3,(H,24,25). The fourth-order valence-electron chi connectivity index (χ4n) is 2.76. The first-order valence-corrected chi connectivity index (χ1v) is 10.4. The quantitative estimate of drug-likeness (QED) is 0.248. The summed E-state index contributed by atoms with van der Waals surface area (Å²) in [6, 6.07) is 0. The average molecular weight is 347 g/mol. The predicted octanol–water partition coefficient (Wildman–Crippen LogP) is 6.73. The molecule has 0 aliphatic rings. The van der Waals surface area contributed by atoms with Crippen molar-refractivity contribution in [1.29, 1.82) is 0 Å². The number of rotatable bonds is 16. The molecule has 0 saturated heterocycles. The van der Waals surface area contributed by atoms with Gasteiger partial charge in [-0.25, -0.2) is 0 Å². The van der Waals surface area contributed by atoms with Crippen molar-refractivity contribution in [2.45, 2.75) is 116 Å². The number of carboxylic acid groups (broad SMARTS) is 1. The summed E-state index contributed by atoms with van der Waals surface area (Å²) in [6.45, 7) is 2.25. The van der Waals surface area contributed by atoms with Crippen LogP contribution in [0.15, 0.2) is 0 Å². The lowest BCUT2D eigenvalue weighted by atomic mass is 10.1. The highest BCUT2D eigenvalue weighted by Crippen LogP contribution is 2.10. The van der Waals surface area contributed by atoms with Gasteiger partial charge in [0, 0.05) is 19.3 Å². The summed E-state index contributed by atoms with van der Waals surface area (Å²) < 4.78 is 0. The Hall–Kier alpha value is -1.41. The first-order chi connectivity index (χ1) is 12.3. The zero-order valence-electron chi connectivity index (χ0n) is 16.4. The zero-order valence-corrected chi connectivity index (χ0v) is 16.4. The average Bonchev–Trinajstić information content (AvgIpc) is 2.60. The zero-order chi connectivity index (χ0) is 18.4. The van der Waals surface area contributed by atoms with Crippen LogP contribution in [0.2, 0.25) is 0 Å². The van der Waals surface area contributed by atoms with E-state index in [9.17, 15) is 4.79 Å². The molecule has 0 unspecified atom stereocenters. The van der Waals surface area contributed by atoms with Crippen molar-refractivity contribution in [3.8, 4) is 23.7 Å². The van der Waals surface area contributed by atoms with Crippen LogP contribution in [0, 0.1) is 23.7 Å². The second-order valence-corrected chi connectivity index (χ2v) is 6.84. The van der Waals surface area contributed by atoms with Crippen molar-refractivity contribution in [3.63, 3.8) is 0 Å². The number of carboxylic acids is 1. The fourth-order valence-corrected chi connectivity index (χ4v) is 2.76. The van der Waals surface area contributed by atoms with E-state index in [1.165, 1.54) is 77.0 Å². The molecule has 25 heavy (non-hydrogen) atoms. The summed E-state index contributed by atoms with van der Waals surface area (Å²) >= 11 is 0. The van der Waals surface area contributed by atoms with Crippen LogP contribution < -0.4 is 0 Å². The van der Waals surface area contributed by atoms with Crippen LogP contribution >= 0.6 is 0 Å². The second-order valence-electron chi connectivity index (χ2n) is 6.84. The number of aliphatic carboxylic acids is 1. The molecular weight excluding hydrogens is 308 g/mol. The van der Waals surface area contributed by atoms with Gasteiger partial charge in [0.1, 0.15) is 0 Å². The first-order valence-electron chi connectivity index (χ1n) is 10.4. The van der Waals surface area contributed by atoms with Crippen LogP contribution in [0.3, 0.4) is 0 Å². The Kier molecular flexibility index (Phi) is 19.5. The van der Waals surface area contributed by atoms with Gasteiger partial charge in [-0.05, 0) is 31.1 Å². The van der Waals surface area contributed by atoms with Crippen molar-refractivity contribution in [2.75, 3.05) is 0 Å². The fraction of sp³-hybridized carbons (Fsp3) is 0.783. The Labute approximate surface area is 156 Å². The first kappa shape index (κ1) is 23.6. The van der Waals surface area contributed by atoms with Crippen LogP contribution in [-0.2, 0) is 4.79 Å². The van der Waals surface area contributed by atoms with E-state index in [0.29, 0.717) is 6.42 Å². The van der Waals surface area contributed by atoms with E-state index in [1.54, 1.807) is 0 Å². The number of hydrogen-bond acceptors (Lipinski definition) is 1. The van der Waals surface area contributed by atoms with Gasteiger partial charge in [0.2, 0.25) is 0 Å². The minimum Gasteiger partial charge on any atom is -0.481 e. The summed E-state index contributed by atoms with van der Waals surface area (Å²) in [5.41, 5.74) is 0. The molecule has 0 aromatic rings. The predicted molar refractivity (Wildman–Crippen MR) is 107 cm³/mol. The largest absolute Gasteiger partial charge is 0.481 e. The maximum absolute atomic E-state index is 10.4. The summed E-state index contributed by atoms with van der Waals surface area (Å²) in [5, 5.41) is 8.55. The molecule has 2 heteroatoms. The van der Waals surface area contributed by atoms with Gasteiger partial charge in [0.25, 0.3) is 0 Å². The highest BCUT2D eigenvalue weighted by Gasteiger charge is 1.96. The molecule has 2 nitrogen and oxygen atoms in total. The maximum Gasteiger partial charge on any atom is 0.303 e. The molecule has 0 aliphatic heterocycles. The van der Waals surface area contributed by atoms with Gasteiger partial charge in [-0.15, -0.1) is 0 Å². The van der Waals surface area contributed by atoms with Crippen LogP contribution in [0.4, 0.5) is 0 Å². The molecule has 0 radical (unpaired) electrons. The minimum atomic E-state index is -0.673. The van der Waals surface area contributed by atoms with Gasteiger partial charge >= 0.3 is 5.97 Å². The lowest BCUT2D eigenvalue weighted by molar-refractivity contribution is -0.137. The van der Waals surface area contributed by atoms with E-state index >= 15 is 0 Å². The van der Waals surface area contributed by atoms with Crippen molar-refractivity contribution >= 4 is 5.97 Å². The number of carbonyl (C=O) groups is 1. The molecule has 0 rings (SSSR count). The Bertz CT molecular complexity index is 417. The minimum absolute atomic E-state index is 0.320. The van der Waals surface area contributed by atoms with E-state index < -0.39 is 5.97 Å². The monoisotopic (exact) mass is 346 g/mol. The summed E-state index contributed by atoms with van der Waals surface area (Å²) in [4.78, 5) is 10.4. The topological polar surface area (TPSA) is 37.3 Å². The van der Waals surface area contributed by atoms with Crippen LogP contribution in [0.1, 0.15) is 116 Å². The molecule has 0 atom stereocenters. The van der Waals surface area contributed by atoms with E-state index in [2.05, 4.69) is 30.6 Å². The molecule has 0 saturated carbocycles. The highest BCUT2D eigenvalue weighted by molar-refractivity contribution is 5.66. The van der Waals surface area contributed by atoms with E-state index in [4.69, 9.17) is 5.11 Å². The smallest absolute Gasteiger partial charge is 0.303 e. The number of hydrogen-bond donors (Lipinski definition) is 1. The summed E-state index contributed by atoms with van der Waals surface area (Å²) in [7, 11) is 0. The summed E-state index contributed by atoms with van der Waals surface area (Å²) in [5.74, 6) is 11.6. The van der Waals surface area contributed by atoms with Gasteiger partial charge < -0.3 is 5.11 Å². The van der Waals surface area contributed by atoms with Crippen molar-refractivity contribution in [2.24, 2.45) is 0 Å². The van der Waals surface area contributed by atoms with Gasteiger partial charge in [0.15, 0.2) is 0 Å². The third-order valence-corrected chi connectivity index (χ3v) is 4.34. The third-order valence-electron chi connectivity index (χ3n) is 4.34. The Morgan fingerprint density at radius 1 is 0.640 bits per heavy atom. The van der Waals surface area contributed by atoms with Crippen molar-refractivity contribution in [3.05, 3.63) is 0 Å². The van der Waals surface area contributed by atoms with Crippen LogP contribution in [0.25, 0.3) is 0 Å². The van der Waals surface area contributed by atoms with E-state index in [-0.39, 0.29) is 0 Å². The van der Waals surface area contributed by atoms with Crippen LogP contribution in [-0.4, -0.2) is 11.1 Å². The Morgan fingerprint density at radius 2 is 1.04 bits per heavy atom. The van der Waals surface area contributed by atoms with Crippen LogP contribution in [0.5, 0.6) is 0 Å². The number of unbranched alkanes of at least 4 members (excludes halogenated alkanes) is 14. The highest BCUT2D eigenvalue weighted by atomic mass is 16.4. The molecule has 0 amide bonds. The van der Waals surface area contributed by atoms with Gasteiger partial charge in [-0.1, -0.05) is 89.4 Å². The lowest BCUT2D eigenvalue weighted by Gasteiger charge is -2.00. The van der Waals surface area contributed by atoms with E-state index in [1.807, 2.05) is 0 Å².